The Morgan fingerprint density at radius 2 is 2.20 bits per heavy atom. The van der Waals surface area contributed by atoms with Gasteiger partial charge in [0.1, 0.15) is 0 Å². The molecule has 112 valence electrons. The zero-order chi connectivity index (χ0) is 14.8. The predicted molar refractivity (Wildman–Crippen MR) is 79.0 cm³/mol. The van der Waals surface area contributed by atoms with Crippen LogP contribution in [0.25, 0.3) is 0 Å². The van der Waals surface area contributed by atoms with Gasteiger partial charge in [0.2, 0.25) is 10.0 Å². The molecular weight excluding hydrogens is 276 g/mol. The van der Waals surface area contributed by atoms with Gasteiger partial charge in [-0.2, -0.15) is 0 Å². The van der Waals surface area contributed by atoms with E-state index in [9.17, 15) is 8.42 Å². The third kappa shape index (κ3) is 3.31. The van der Waals surface area contributed by atoms with Crippen LogP contribution in [0.5, 0.6) is 0 Å². The van der Waals surface area contributed by atoms with Crippen LogP contribution < -0.4 is 10.5 Å². The zero-order valence-corrected chi connectivity index (χ0v) is 12.8. The van der Waals surface area contributed by atoms with Crippen LogP contribution in [-0.2, 0) is 21.2 Å². The summed E-state index contributed by atoms with van der Waals surface area (Å²) < 4.78 is 33.4. The highest BCUT2D eigenvalue weighted by Gasteiger charge is 2.33. The predicted octanol–water partition coefficient (Wildman–Crippen LogP) is 1.68. The van der Waals surface area contributed by atoms with Gasteiger partial charge in [-0.05, 0) is 43.9 Å². The normalized spacial score (nSPS) is 23.7. The maximum atomic E-state index is 12.6. The van der Waals surface area contributed by atoms with Crippen molar-refractivity contribution in [2.75, 3.05) is 18.9 Å². The second-order valence-corrected chi connectivity index (χ2v) is 7.19. The second kappa shape index (κ2) is 5.71. The second-order valence-electron chi connectivity index (χ2n) is 5.54. The van der Waals surface area contributed by atoms with Crippen LogP contribution in [0.15, 0.2) is 23.1 Å². The van der Waals surface area contributed by atoms with Gasteiger partial charge in [-0.1, -0.05) is 13.0 Å². The van der Waals surface area contributed by atoms with Gasteiger partial charge < -0.3 is 10.5 Å². The van der Waals surface area contributed by atoms with Crippen molar-refractivity contribution in [2.24, 2.45) is 0 Å². The summed E-state index contributed by atoms with van der Waals surface area (Å²) in [7, 11) is -3.59. The first-order valence-electron chi connectivity index (χ1n) is 6.86. The van der Waals surface area contributed by atoms with E-state index in [1.165, 1.54) is 6.07 Å². The Labute approximate surface area is 120 Å². The van der Waals surface area contributed by atoms with Gasteiger partial charge in [-0.15, -0.1) is 0 Å². The summed E-state index contributed by atoms with van der Waals surface area (Å²) in [5.41, 5.74) is 6.40. The van der Waals surface area contributed by atoms with Crippen LogP contribution in [0.4, 0.5) is 5.69 Å². The molecule has 6 heteroatoms. The van der Waals surface area contributed by atoms with Crippen molar-refractivity contribution >= 4 is 15.7 Å². The molecule has 0 saturated carbocycles. The summed E-state index contributed by atoms with van der Waals surface area (Å²) in [6.07, 6.45) is 2.27. The summed E-state index contributed by atoms with van der Waals surface area (Å²) >= 11 is 0. The van der Waals surface area contributed by atoms with Crippen molar-refractivity contribution in [3.8, 4) is 0 Å². The highest BCUT2D eigenvalue weighted by Crippen LogP contribution is 2.25. The molecule has 5 nitrogen and oxygen atoms in total. The lowest BCUT2D eigenvalue weighted by Gasteiger charge is -2.34. The van der Waals surface area contributed by atoms with E-state index in [1.54, 1.807) is 12.1 Å². The Morgan fingerprint density at radius 1 is 1.45 bits per heavy atom. The van der Waals surface area contributed by atoms with Crippen LogP contribution in [0, 0.1) is 0 Å². The SMILES string of the molecule is CCc1ccc(N)cc1S(=O)(=O)NC1(C)CCCOC1. The average molecular weight is 298 g/mol. The van der Waals surface area contributed by atoms with E-state index in [-0.39, 0.29) is 4.90 Å². The number of aryl methyl sites for hydroxylation is 1. The maximum absolute atomic E-state index is 12.6. The molecule has 3 N–H and O–H groups in total. The zero-order valence-electron chi connectivity index (χ0n) is 12.0. The molecule has 1 saturated heterocycles. The molecule has 1 fully saturated rings. The number of sulfonamides is 1. The number of nitrogen functional groups attached to an aromatic ring is 1. The molecule has 1 aliphatic heterocycles. The third-order valence-electron chi connectivity index (χ3n) is 3.58. The number of nitrogens with two attached hydrogens (primary N) is 1. The van der Waals surface area contributed by atoms with Crippen molar-refractivity contribution in [2.45, 2.75) is 43.5 Å². The third-order valence-corrected chi connectivity index (χ3v) is 5.30. The van der Waals surface area contributed by atoms with Gasteiger partial charge in [0.15, 0.2) is 0 Å². The first kappa shape index (κ1) is 15.3. The molecule has 1 heterocycles. The topological polar surface area (TPSA) is 81.4 Å². The van der Waals surface area contributed by atoms with Gasteiger partial charge >= 0.3 is 0 Å². The molecule has 2 rings (SSSR count). The average Bonchev–Trinajstić information content (AvgIpc) is 2.38. The van der Waals surface area contributed by atoms with Crippen molar-refractivity contribution in [1.82, 2.24) is 4.72 Å². The Hall–Kier alpha value is -1.11. The first-order valence-corrected chi connectivity index (χ1v) is 8.35. The quantitative estimate of drug-likeness (QED) is 0.829. The van der Waals surface area contributed by atoms with E-state index in [0.717, 1.165) is 18.4 Å². The van der Waals surface area contributed by atoms with Crippen LogP contribution >= 0.6 is 0 Å². The lowest BCUT2D eigenvalue weighted by molar-refractivity contribution is 0.0386. The molecule has 0 bridgehead atoms. The molecule has 0 spiro atoms. The number of hydrogen-bond donors (Lipinski definition) is 2. The molecular formula is C14H22N2O3S. The van der Waals surface area contributed by atoms with E-state index in [2.05, 4.69) is 4.72 Å². The molecule has 1 atom stereocenters. The molecule has 20 heavy (non-hydrogen) atoms. The van der Waals surface area contributed by atoms with Crippen molar-refractivity contribution in [3.63, 3.8) is 0 Å². The summed E-state index contributed by atoms with van der Waals surface area (Å²) in [5.74, 6) is 0. The number of benzene rings is 1. The first-order chi connectivity index (χ1) is 9.36. The summed E-state index contributed by atoms with van der Waals surface area (Å²) in [6.45, 7) is 4.89. The Morgan fingerprint density at radius 3 is 2.80 bits per heavy atom. The summed E-state index contributed by atoms with van der Waals surface area (Å²) in [4.78, 5) is 0.270. The Kier molecular flexibility index (Phi) is 4.36. The molecule has 0 aromatic heterocycles. The number of ether oxygens (including phenoxy) is 1. The van der Waals surface area contributed by atoms with Crippen LogP contribution in [0.2, 0.25) is 0 Å². The fourth-order valence-corrected chi connectivity index (χ4v) is 4.28. The molecule has 1 aliphatic rings. The van der Waals surface area contributed by atoms with Crippen molar-refractivity contribution in [1.29, 1.82) is 0 Å². The van der Waals surface area contributed by atoms with E-state index in [1.807, 2.05) is 13.8 Å². The summed E-state index contributed by atoms with van der Waals surface area (Å²) in [5, 5.41) is 0. The number of rotatable bonds is 4. The lowest BCUT2D eigenvalue weighted by atomic mass is 9.97. The van der Waals surface area contributed by atoms with Gasteiger partial charge in [0.25, 0.3) is 0 Å². The number of nitrogens with one attached hydrogen (secondary N) is 1. The number of anilines is 1. The highest BCUT2D eigenvalue weighted by molar-refractivity contribution is 7.89. The largest absolute Gasteiger partial charge is 0.399 e. The fourth-order valence-electron chi connectivity index (χ4n) is 2.51. The molecule has 1 aromatic carbocycles. The standard InChI is InChI=1S/C14H22N2O3S/c1-3-11-5-6-12(15)9-13(11)20(17,18)16-14(2)7-4-8-19-10-14/h5-6,9,16H,3-4,7-8,10,15H2,1-2H3. The van der Waals surface area contributed by atoms with Gasteiger partial charge in [-0.3, -0.25) is 0 Å². The van der Waals surface area contributed by atoms with Crippen LogP contribution in [0.1, 0.15) is 32.3 Å². The molecule has 0 aliphatic carbocycles. The van der Waals surface area contributed by atoms with Crippen molar-refractivity contribution < 1.29 is 13.2 Å². The molecule has 1 unspecified atom stereocenters. The van der Waals surface area contributed by atoms with Crippen molar-refractivity contribution in [3.05, 3.63) is 23.8 Å². The lowest BCUT2D eigenvalue weighted by Crippen LogP contribution is -2.51. The molecule has 1 aromatic rings. The minimum Gasteiger partial charge on any atom is -0.399 e. The number of hydrogen-bond acceptors (Lipinski definition) is 4. The summed E-state index contributed by atoms with van der Waals surface area (Å²) in [6, 6.07) is 5.01. The molecule has 0 amide bonds. The Balaban J connectivity index is 2.32. The molecule has 0 radical (unpaired) electrons. The van der Waals surface area contributed by atoms with E-state index < -0.39 is 15.6 Å². The monoisotopic (exact) mass is 298 g/mol. The minimum atomic E-state index is -3.59. The Bertz CT molecular complexity index is 578. The smallest absolute Gasteiger partial charge is 0.241 e. The van der Waals surface area contributed by atoms with Crippen LogP contribution in [-0.4, -0.2) is 27.2 Å². The van der Waals surface area contributed by atoms with Gasteiger partial charge in [0.05, 0.1) is 17.0 Å². The fraction of sp³-hybridized carbons (Fsp3) is 0.571. The van der Waals surface area contributed by atoms with E-state index in [0.29, 0.717) is 25.3 Å². The minimum absolute atomic E-state index is 0.270. The van der Waals surface area contributed by atoms with E-state index in [4.69, 9.17) is 10.5 Å². The maximum Gasteiger partial charge on any atom is 0.241 e. The van der Waals surface area contributed by atoms with E-state index >= 15 is 0 Å². The van der Waals surface area contributed by atoms with Crippen LogP contribution in [0.3, 0.4) is 0 Å². The van der Waals surface area contributed by atoms with Gasteiger partial charge in [-0.25, -0.2) is 13.1 Å². The highest BCUT2D eigenvalue weighted by atomic mass is 32.2. The van der Waals surface area contributed by atoms with Gasteiger partial charge in [0, 0.05) is 12.3 Å².